The summed E-state index contributed by atoms with van der Waals surface area (Å²) in [6, 6.07) is 0. The van der Waals surface area contributed by atoms with Gasteiger partial charge in [-0.1, -0.05) is 0 Å². The van der Waals surface area contributed by atoms with Crippen molar-refractivity contribution in [2.45, 2.75) is 6.92 Å². The molecule has 6 nitrogen and oxygen atoms in total. The average molecular weight is 224 g/mol. The van der Waals surface area contributed by atoms with Crippen LogP contribution < -0.4 is 5.32 Å². The standard InChI is InChI=1S/C10H16N4O2/c1-7-8(9(15)16)6-12-10(13-7)11-4-5-14(2)3/h6H,4-5H2,1-3H3,(H,15,16)(H,11,12,13). The number of hydrogen-bond donors (Lipinski definition) is 2. The Balaban J connectivity index is 2.63. The number of nitrogens with zero attached hydrogens (tertiary/aromatic N) is 3. The third kappa shape index (κ3) is 3.47. The van der Waals surface area contributed by atoms with Crippen molar-refractivity contribution in [1.82, 2.24) is 14.9 Å². The number of anilines is 1. The van der Waals surface area contributed by atoms with E-state index in [1.165, 1.54) is 6.20 Å². The molecular weight excluding hydrogens is 208 g/mol. The number of rotatable bonds is 5. The van der Waals surface area contributed by atoms with Crippen molar-refractivity contribution in [2.24, 2.45) is 0 Å². The van der Waals surface area contributed by atoms with Gasteiger partial charge in [0.05, 0.1) is 11.3 Å². The first-order valence-electron chi connectivity index (χ1n) is 4.96. The molecule has 1 heterocycles. The zero-order chi connectivity index (χ0) is 12.1. The Morgan fingerprint density at radius 2 is 2.25 bits per heavy atom. The number of aryl methyl sites for hydroxylation is 1. The molecular formula is C10H16N4O2. The summed E-state index contributed by atoms with van der Waals surface area (Å²) in [5.74, 6) is -0.540. The Bertz CT molecular complexity index is 379. The smallest absolute Gasteiger partial charge is 0.339 e. The van der Waals surface area contributed by atoms with Crippen LogP contribution in [-0.4, -0.2) is 53.1 Å². The lowest BCUT2D eigenvalue weighted by atomic mass is 10.2. The minimum atomic E-state index is -1.00. The molecule has 0 aromatic carbocycles. The van der Waals surface area contributed by atoms with Gasteiger partial charge < -0.3 is 15.3 Å². The molecule has 0 fully saturated rings. The van der Waals surface area contributed by atoms with Crippen molar-refractivity contribution >= 4 is 11.9 Å². The zero-order valence-electron chi connectivity index (χ0n) is 9.69. The summed E-state index contributed by atoms with van der Waals surface area (Å²) >= 11 is 0. The van der Waals surface area contributed by atoms with E-state index in [1.807, 2.05) is 19.0 Å². The molecule has 0 bridgehead atoms. The van der Waals surface area contributed by atoms with Crippen molar-refractivity contribution in [3.63, 3.8) is 0 Å². The highest BCUT2D eigenvalue weighted by atomic mass is 16.4. The molecule has 88 valence electrons. The van der Waals surface area contributed by atoms with Gasteiger partial charge in [-0.05, 0) is 21.0 Å². The summed E-state index contributed by atoms with van der Waals surface area (Å²) in [4.78, 5) is 20.8. The first-order chi connectivity index (χ1) is 7.50. The van der Waals surface area contributed by atoms with E-state index < -0.39 is 5.97 Å². The first-order valence-corrected chi connectivity index (χ1v) is 4.96. The number of carboxylic acid groups (broad SMARTS) is 1. The summed E-state index contributed by atoms with van der Waals surface area (Å²) in [6.07, 6.45) is 1.32. The number of nitrogens with one attached hydrogen (secondary N) is 1. The maximum atomic E-state index is 10.7. The molecule has 2 N–H and O–H groups in total. The maximum absolute atomic E-state index is 10.7. The van der Waals surface area contributed by atoms with Crippen LogP contribution in [0.3, 0.4) is 0 Å². The number of aromatic nitrogens is 2. The van der Waals surface area contributed by atoms with Crippen molar-refractivity contribution in [3.8, 4) is 0 Å². The minimum Gasteiger partial charge on any atom is -0.478 e. The zero-order valence-corrected chi connectivity index (χ0v) is 9.69. The molecule has 1 aromatic heterocycles. The first kappa shape index (κ1) is 12.4. The SMILES string of the molecule is Cc1nc(NCCN(C)C)ncc1C(=O)O. The lowest BCUT2D eigenvalue weighted by molar-refractivity contribution is 0.0695. The summed E-state index contributed by atoms with van der Waals surface area (Å²) in [5, 5.41) is 11.8. The van der Waals surface area contributed by atoms with Crippen LogP contribution in [0.1, 0.15) is 16.1 Å². The Hall–Kier alpha value is -1.69. The van der Waals surface area contributed by atoms with Crippen LogP contribution in [-0.2, 0) is 0 Å². The molecule has 0 atom stereocenters. The molecule has 16 heavy (non-hydrogen) atoms. The summed E-state index contributed by atoms with van der Waals surface area (Å²) in [7, 11) is 3.95. The van der Waals surface area contributed by atoms with Gasteiger partial charge in [0.25, 0.3) is 0 Å². The van der Waals surface area contributed by atoms with Crippen molar-refractivity contribution in [2.75, 3.05) is 32.5 Å². The van der Waals surface area contributed by atoms with Gasteiger partial charge in [0.2, 0.25) is 5.95 Å². The normalized spacial score (nSPS) is 10.5. The van der Waals surface area contributed by atoms with Gasteiger partial charge in [-0.25, -0.2) is 14.8 Å². The minimum absolute atomic E-state index is 0.137. The fourth-order valence-corrected chi connectivity index (χ4v) is 1.15. The fourth-order valence-electron chi connectivity index (χ4n) is 1.15. The predicted molar refractivity (Wildman–Crippen MR) is 60.8 cm³/mol. The van der Waals surface area contributed by atoms with E-state index in [0.29, 0.717) is 11.6 Å². The third-order valence-electron chi connectivity index (χ3n) is 2.05. The number of aromatic carboxylic acids is 1. The third-order valence-corrected chi connectivity index (χ3v) is 2.05. The summed E-state index contributed by atoms with van der Waals surface area (Å²) in [5.41, 5.74) is 0.605. The molecule has 1 aromatic rings. The van der Waals surface area contributed by atoms with Gasteiger partial charge in [-0.3, -0.25) is 0 Å². The number of likely N-dealkylation sites (N-methyl/N-ethyl adjacent to an activating group) is 1. The monoisotopic (exact) mass is 224 g/mol. The van der Waals surface area contributed by atoms with E-state index in [9.17, 15) is 4.79 Å². The molecule has 0 saturated heterocycles. The highest BCUT2D eigenvalue weighted by Crippen LogP contribution is 2.06. The lowest BCUT2D eigenvalue weighted by Crippen LogP contribution is -2.21. The quantitative estimate of drug-likeness (QED) is 0.756. The van der Waals surface area contributed by atoms with Crippen LogP contribution in [0, 0.1) is 6.92 Å². The maximum Gasteiger partial charge on any atom is 0.339 e. The summed E-state index contributed by atoms with van der Waals surface area (Å²) in [6.45, 7) is 3.24. The Morgan fingerprint density at radius 3 is 2.75 bits per heavy atom. The molecule has 0 spiro atoms. The predicted octanol–water partition coefficient (Wildman–Crippen LogP) is 0.457. The highest BCUT2D eigenvalue weighted by molar-refractivity contribution is 5.88. The van der Waals surface area contributed by atoms with Gasteiger partial charge >= 0.3 is 5.97 Å². The van der Waals surface area contributed by atoms with Crippen molar-refractivity contribution in [1.29, 1.82) is 0 Å². The summed E-state index contributed by atoms with van der Waals surface area (Å²) < 4.78 is 0. The lowest BCUT2D eigenvalue weighted by Gasteiger charge is -2.10. The van der Waals surface area contributed by atoms with Crippen LogP contribution in [0.4, 0.5) is 5.95 Å². The van der Waals surface area contributed by atoms with Gasteiger partial charge in [0.15, 0.2) is 0 Å². The fraction of sp³-hybridized carbons (Fsp3) is 0.500. The van der Waals surface area contributed by atoms with E-state index in [0.717, 1.165) is 13.1 Å². The van der Waals surface area contributed by atoms with E-state index in [4.69, 9.17) is 5.11 Å². The Kier molecular flexibility index (Phi) is 4.19. The van der Waals surface area contributed by atoms with Gasteiger partial charge in [0.1, 0.15) is 0 Å². The number of carboxylic acids is 1. The van der Waals surface area contributed by atoms with E-state index in [1.54, 1.807) is 6.92 Å². The van der Waals surface area contributed by atoms with E-state index in [-0.39, 0.29) is 5.56 Å². The topological polar surface area (TPSA) is 78.4 Å². The molecule has 0 unspecified atom stereocenters. The van der Waals surface area contributed by atoms with E-state index in [2.05, 4.69) is 15.3 Å². The van der Waals surface area contributed by atoms with Crippen LogP contribution >= 0.6 is 0 Å². The average Bonchev–Trinajstić information content (AvgIpc) is 2.16. The van der Waals surface area contributed by atoms with E-state index >= 15 is 0 Å². The van der Waals surface area contributed by atoms with Gasteiger partial charge in [0, 0.05) is 19.3 Å². The molecule has 0 amide bonds. The van der Waals surface area contributed by atoms with Crippen LogP contribution in [0.15, 0.2) is 6.20 Å². The second-order valence-corrected chi connectivity index (χ2v) is 3.73. The second kappa shape index (κ2) is 5.41. The van der Waals surface area contributed by atoms with Gasteiger partial charge in [-0.15, -0.1) is 0 Å². The molecule has 1 rings (SSSR count). The van der Waals surface area contributed by atoms with Crippen molar-refractivity contribution in [3.05, 3.63) is 17.5 Å². The molecule has 0 aliphatic rings. The molecule has 0 aliphatic heterocycles. The molecule has 0 saturated carbocycles. The highest BCUT2D eigenvalue weighted by Gasteiger charge is 2.09. The van der Waals surface area contributed by atoms with Crippen molar-refractivity contribution < 1.29 is 9.90 Å². The van der Waals surface area contributed by atoms with Crippen LogP contribution in [0.5, 0.6) is 0 Å². The largest absolute Gasteiger partial charge is 0.478 e. The Morgan fingerprint density at radius 1 is 1.56 bits per heavy atom. The van der Waals surface area contributed by atoms with Crippen LogP contribution in [0.25, 0.3) is 0 Å². The van der Waals surface area contributed by atoms with Crippen LogP contribution in [0.2, 0.25) is 0 Å². The molecule has 0 radical (unpaired) electrons. The Labute approximate surface area is 94.3 Å². The molecule has 0 aliphatic carbocycles. The second-order valence-electron chi connectivity index (χ2n) is 3.73. The molecule has 6 heteroatoms. The van der Waals surface area contributed by atoms with Gasteiger partial charge in [-0.2, -0.15) is 0 Å². The number of hydrogen-bond acceptors (Lipinski definition) is 5. The number of carbonyl (C=O) groups is 1.